The zero-order valence-electron chi connectivity index (χ0n) is 14.5. The molecule has 0 fully saturated rings. The molecule has 0 saturated heterocycles. The maximum Gasteiger partial charge on any atom is 0.245 e. The second-order valence-corrected chi connectivity index (χ2v) is 7.45. The first-order chi connectivity index (χ1) is 12.3. The van der Waals surface area contributed by atoms with Crippen LogP contribution in [-0.4, -0.2) is 34.2 Å². The van der Waals surface area contributed by atoms with Crippen molar-refractivity contribution in [2.45, 2.75) is 6.42 Å². The highest BCUT2D eigenvalue weighted by Gasteiger charge is 2.21. The average Bonchev–Trinajstić information content (AvgIpc) is 2.61. The standard InChI is InChI=1S/C18H19N3O4S/c1-25-17-9-7-16(8-10-17)21(26(2,23)24)13-18(22)20-15-5-3-14(4-6-15)11-12-19/h3-10H,11,13H2,1-2H3,(H,20,22). The SMILES string of the molecule is COc1ccc(N(CC(=O)Nc2ccc(CC#N)cc2)S(C)(=O)=O)cc1. The molecule has 2 rings (SSSR count). The van der Waals surface area contributed by atoms with Gasteiger partial charge >= 0.3 is 0 Å². The fourth-order valence-electron chi connectivity index (χ4n) is 2.28. The number of hydrogen-bond donors (Lipinski definition) is 1. The van der Waals surface area contributed by atoms with E-state index >= 15 is 0 Å². The Bertz CT molecular complexity index is 901. The van der Waals surface area contributed by atoms with Crippen molar-refractivity contribution in [3.05, 3.63) is 54.1 Å². The Kier molecular flexibility index (Phi) is 6.20. The lowest BCUT2D eigenvalue weighted by Crippen LogP contribution is -2.37. The van der Waals surface area contributed by atoms with Gasteiger partial charge in [-0.15, -0.1) is 0 Å². The second-order valence-electron chi connectivity index (χ2n) is 5.55. The molecule has 0 radical (unpaired) electrons. The molecule has 26 heavy (non-hydrogen) atoms. The van der Waals surface area contributed by atoms with Crippen molar-refractivity contribution in [2.24, 2.45) is 0 Å². The molecule has 2 aromatic carbocycles. The predicted molar refractivity (Wildman–Crippen MR) is 99.6 cm³/mol. The Hall–Kier alpha value is -3.05. The van der Waals surface area contributed by atoms with Gasteiger partial charge in [-0.3, -0.25) is 9.10 Å². The Balaban J connectivity index is 2.12. The molecule has 0 unspecified atom stereocenters. The molecule has 0 bridgehead atoms. The van der Waals surface area contributed by atoms with E-state index < -0.39 is 15.9 Å². The van der Waals surface area contributed by atoms with Crippen molar-refractivity contribution in [3.63, 3.8) is 0 Å². The number of amides is 1. The van der Waals surface area contributed by atoms with Crippen molar-refractivity contribution in [1.29, 1.82) is 5.26 Å². The first-order valence-electron chi connectivity index (χ1n) is 7.71. The Labute approximate surface area is 152 Å². The Morgan fingerprint density at radius 3 is 2.27 bits per heavy atom. The summed E-state index contributed by atoms with van der Waals surface area (Å²) in [6.45, 7) is -0.356. The fraction of sp³-hybridized carbons (Fsp3) is 0.222. The molecule has 8 heteroatoms. The number of anilines is 2. The van der Waals surface area contributed by atoms with Crippen LogP contribution in [0.1, 0.15) is 5.56 Å². The van der Waals surface area contributed by atoms with Gasteiger partial charge in [-0.1, -0.05) is 12.1 Å². The molecular weight excluding hydrogens is 354 g/mol. The van der Waals surface area contributed by atoms with Crippen LogP contribution in [0.3, 0.4) is 0 Å². The number of carbonyl (C=O) groups is 1. The first-order valence-corrected chi connectivity index (χ1v) is 9.56. The molecular formula is C18H19N3O4S. The number of nitriles is 1. The van der Waals surface area contributed by atoms with Gasteiger partial charge in [-0.2, -0.15) is 5.26 Å². The maximum absolute atomic E-state index is 12.3. The molecule has 136 valence electrons. The minimum Gasteiger partial charge on any atom is -0.497 e. The third kappa shape index (κ3) is 5.22. The van der Waals surface area contributed by atoms with Gasteiger partial charge in [-0.05, 0) is 42.0 Å². The second kappa shape index (κ2) is 8.36. The van der Waals surface area contributed by atoms with E-state index in [1.807, 2.05) is 6.07 Å². The van der Waals surface area contributed by atoms with Crippen LogP contribution in [0.25, 0.3) is 0 Å². The van der Waals surface area contributed by atoms with Gasteiger partial charge in [-0.25, -0.2) is 8.42 Å². The number of hydrogen-bond acceptors (Lipinski definition) is 5. The van der Waals surface area contributed by atoms with Gasteiger partial charge in [0.2, 0.25) is 15.9 Å². The van der Waals surface area contributed by atoms with Crippen molar-refractivity contribution < 1.29 is 17.9 Å². The van der Waals surface area contributed by atoms with Crippen molar-refractivity contribution >= 4 is 27.3 Å². The number of methoxy groups -OCH3 is 1. The van der Waals surface area contributed by atoms with E-state index in [0.717, 1.165) is 16.1 Å². The molecule has 1 N–H and O–H groups in total. The van der Waals surface area contributed by atoms with Crippen molar-refractivity contribution in [1.82, 2.24) is 0 Å². The molecule has 2 aromatic rings. The molecule has 0 saturated carbocycles. The molecule has 0 aliphatic heterocycles. The largest absolute Gasteiger partial charge is 0.497 e. The lowest BCUT2D eigenvalue weighted by molar-refractivity contribution is -0.114. The Morgan fingerprint density at radius 1 is 1.15 bits per heavy atom. The number of ether oxygens (including phenoxy) is 1. The Morgan fingerprint density at radius 2 is 1.77 bits per heavy atom. The topological polar surface area (TPSA) is 99.5 Å². The van der Waals surface area contributed by atoms with Gasteiger partial charge in [0, 0.05) is 5.69 Å². The molecule has 0 aliphatic carbocycles. The minimum atomic E-state index is -3.64. The molecule has 1 amide bonds. The average molecular weight is 373 g/mol. The highest BCUT2D eigenvalue weighted by atomic mass is 32.2. The smallest absolute Gasteiger partial charge is 0.245 e. The van der Waals surface area contributed by atoms with Gasteiger partial charge in [0.1, 0.15) is 12.3 Å². The number of nitrogens with one attached hydrogen (secondary N) is 1. The summed E-state index contributed by atoms with van der Waals surface area (Å²) in [7, 11) is -2.13. The van der Waals surface area contributed by atoms with E-state index in [1.165, 1.54) is 7.11 Å². The summed E-state index contributed by atoms with van der Waals surface area (Å²) < 4.78 is 30.2. The van der Waals surface area contributed by atoms with Crippen LogP contribution < -0.4 is 14.4 Å². The summed E-state index contributed by atoms with van der Waals surface area (Å²) in [4.78, 5) is 12.3. The lowest BCUT2D eigenvalue weighted by Gasteiger charge is -2.22. The summed E-state index contributed by atoms with van der Waals surface area (Å²) in [6, 6.07) is 15.2. The molecule has 0 spiro atoms. The zero-order chi connectivity index (χ0) is 19.2. The highest BCUT2D eigenvalue weighted by molar-refractivity contribution is 7.92. The van der Waals surface area contributed by atoms with Crippen molar-refractivity contribution in [3.8, 4) is 11.8 Å². The summed E-state index contributed by atoms with van der Waals surface area (Å²) in [6.07, 6.45) is 1.33. The minimum absolute atomic E-state index is 0.285. The number of benzene rings is 2. The van der Waals surface area contributed by atoms with Gasteiger partial charge in [0.15, 0.2) is 0 Å². The lowest BCUT2D eigenvalue weighted by atomic mass is 10.1. The van der Waals surface area contributed by atoms with E-state index in [0.29, 0.717) is 17.1 Å². The fourth-order valence-corrected chi connectivity index (χ4v) is 3.13. The number of sulfonamides is 1. The number of nitrogens with zero attached hydrogens (tertiary/aromatic N) is 2. The zero-order valence-corrected chi connectivity index (χ0v) is 15.3. The molecule has 0 aliphatic rings. The van der Waals surface area contributed by atoms with E-state index in [-0.39, 0.29) is 13.0 Å². The van der Waals surface area contributed by atoms with Gasteiger partial charge < -0.3 is 10.1 Å². The molecule has 0 aromatic heterocycles. The number of rotatable bonds is 7. The van der Waals surface area contributed by atoms with Crippen LogP contribution in [0.4, 0.5) is 11.4 Å². The van der Waals surface area contributed by atoms with Gasteiger partial charge in [0.05, 0.1) is 31.5 Å². The quantitative estimate of drug-likeness (QED) is 0.802. The summed E-state index contributed by atoms with van der Waals surface area (Å²) in [5.41, 5.74) is 1.73. The van der Waals surface area contributed by atoms with E-state index in [1.54, 1.807) is 48.5 Å². The van der Waals surface area contributed by atoms with Crippen LogP contribution in [0.2, 0.25) is 0 Å². The molecule has 0 atom stereocenters. The van der Waals surface area contributed by atoms with E-state index in [4.69, 9.17) is 10.00 Å². The van der Waals surface area contributed by atoms with Crippen LogP contribution in [0.5, 0.6) is 5.75 Å². The molecule has 0 heterocycles. The van der Waals surface area contributed by atoms with Gasteiger partial charge in [0.25, 0.3) is 0 Å². The third-order valence-electron chi connectivity index (χ3n) is 3.57. The normalized spacial score (nSPS) is 10.7. The third-order valence-corrected chi connectivity index (χ3v) is 4.71. The van der Waals surface area contributed by atoms with Crippen LogP contribution >= 0.6 is 0 Å². The summed E-state index contributed by atoms with van der Waals surface area (Å²) in [5.74, 6) is 0.114. The predicted octanol–water partition coefficient (Wildman–Crippen LogP) is 2.17. The maximum atomic E-state index is 12.3. The number of carbonyl (C=O) groups excluding carboxylic acids is 1. The summed E-state index contributed by atoms with van der Waals surface area (Å²) in [5, 5.41) is 11.3. The monoisotopic (exact) mass is 373 g/mol. The van der Waals surface area contributed by atoms with E-state index in [2.05, 4.69) is 5.32 Å². The van der Waals surface area contributed by atoms with Crippen LogP contribution in [0, 0.1) is 11.3 Å². The van der Waals surface area contributed by atoms with E-state index in [9.17, 15) is 13.2 Å². The summed E-state index contributed by atoms with van der Waals surface area (Å²) >= 11 is 0. The van der Waals surface area contributed by atoms with Crippen LogP contribution in [-0.2, 0) is 21.2 Å². The first kappa shape index (κ1) is 19.3. The molecule has 7 nitrogen and oxygen atoms in total. The van der Waals surface area contributed by atoms with Crippen molar-refractivity contribution in [2.75, 3.05) is 29.5 Å². The highest BCUT2D eigenvalue weighted by Crippen LogP contribution is 2.21. The van der Waals surface area contributed by atoms with Crippen LogP contribution in [0.15, 0.2) is 48.5 Å².